The third-order valence-electron chi connectivity index (χ3n) is 8.10. The fraction of sp³-hybridized carbons (Fsp3) is 0.194. The zero-order valence-electron chi connectivity index (χ0n) is 25.2. The number of fused-ring (bicyclic) bond motifs is 2. The summed E-state index contributed by atoms with van der Waals surface area (Å²) in [5, 5.41) is 17.9. The van der Waals surface area contributed by atoms with Gasteiger partial charge < -0.3 is 19.6 Å². The maximum atomic E-state index is 12.4. The number of carboxylic acid groups (broad SMARTS) is 1. The minimum atomic E-state index is -1.01. The zero-order valence-corrected chi connectivity index (χ0v) is 26.8. The van der Waals surface area contributed by atoms with E-state index in [0.717, 1.165) is 49.8 Å². The number of ether oxygens (including phenoxy) is 2. The largest absolute Gasteiger partial charge is 0.493 e. The van der Waals surface area contributed by atoms with Crippen LogP contribution in [0.25, 0.3) is 32.8 Å². The number of halogens is 1. The number of benzene rings is 4. The number of carbonyl (C=O) groups excluding carboxylic acids is 1. The van der Waals surface area contributed by atoms with Crippen molar-refractivity contribution in [3.05, 3.63) is 112 Å². The summed E-state index contributed by atoms with van der Waals surface area (Å²) in [6.45, 7) is 4.10. The summed E-state index contributed by atoms with van der Waals surface area (Å²) in [6, 6.07) is 25.2. The molecule has 228 valence electrons. The second kappa shape index (κ2) is 12.6. The Kier molecular flexibility index (Phi) is 8.45. The van der Waals surface area contributed by atoms with E-state index < -0.39 is 5.97 Å². The van der Waals surface area contributed by atoms with Gasteiger partial charge in [0.15, 0.2) is 5.78 Å². The van der Waals surface area contributed by atoms with Crippen molar-refractivity contribution in [1.82, 2.24) is 14.8 Å². The number of nitrogens with one attached hydrogen (secondary N) is 1. The molecule has 6 aromatic rings. The second-order valence-corrected chi connectivity index (χ2v) is 11.8. The van der Waals surface area contributed by atoms with Crippen LogP contribution in [-0.4, -0.2) is 38.2 Å². The lowest BCUT2D eigenvalue weighted by atomic mass is 9.98. The van der Waals surface area contributed by atoms with Crippen LogP contribution in [0.2, 0.25) is 0 Å². The molecule has 2 N–H and O–H groups in total. The molecule has 0 spiro atoms. The molecule has 0 saturated carbocycles. The van der Waals surface area contributed by atoms with Crippen molar-refractivity contribution in [2.75, 3.05) is 6.61 Å². The predicted molar refractivity (Wildman–Crippen MR) is 178 cm³/mol. The van der Waals surface area contributed by atoms with Crippen LogP contribution >= 0.6 is 15.9 Å². The van der Waals surface area contributed by atoms with Crippen LogP contribution in [0, 0.1) is 6.92 Å². The summed E-state index contributed by atoms with van der Waals surface area (Å²) in [7, 11) is 1.87. The van der Waals surface area contributed by atoms with Crippen LogP contribution in [0.15, 0.2) is 83.3 Å². The molecule has 0 amide bonds. The number of carboxylic acids is 1. The fourth-order valence-corrected chi connectivity index (χ4v) is 6.35. The molecular weight excluding hydrogens is 634 g/mol. The van der Waals surface area contributed by atoms with Crippen LogP contribution in [0.1, 0.15) is 51.1 Å². The number of aryl methyl sites for hydroxylation is 2. The van der Waals surface area contributed by atoms with Gasteiger partial charge in [-0.15, -0.1) is 0 Å². The minimum Gasteiger partial charge on any atom is -0.493 e. The third kappa shape index (κ3) is 5.95. The lowest BCUT2D eigenvalue weighted by Gasteiger charge is -2.10. The lowest BCUT2D eigenvalue weighted by molar-refractivity contribution is 0.0690. The predicted octanol–water partition coefficient (Wildman–Crippen LogP) is 8.28. The van der Waals surface area contributed by atoms with Crippen LogP contribution in [0.3, 0.4) is 0 Å². The normalized spacial score (nSPS) is 11.3. The number of ketones is 1. The number of aromatic amines is 1. The highest BCUT2D eigenvalue weighted by Gasteiger charge is 2.23. The topological polar surface area (TPSA) is 106 Å². The van der Waals surface area contributed by atoms with Crippen LogP contribution in [0.5, 0.6) is 11.5 Å². The number of rotatable bonds is 11. The first-order valence-corrected chi connectivity index (χ1v) is 15.5. The highest BCUT2D eigenvalue weighted by atomic mass is 79.9. The summed E-state index contributed by atoms with van der Waals surface area (Å²) in [4.78, 5) is 27.6. The third-order valence-corrected chi connectivity index (χ3v) is 8.79. The molecule has 0 unspecified atom stereocenters. The van der Waals surface area contributed by atoms with Gasteiger partial charge in [-0.05, 0) is 61.9 Å². The number of aromatic carboxylic acids is 1. The summed E-state index contributed by atoms with van der Waals surface area (Å²) in [5.41, 5.74) is 5.52. The number of Topliss-reactive ketones (excluding diaryl/α,β-unsaturated/α-hetero) is 1. The van der Waals surface area contributed by atoms with E-state index in [2.05, 4.69) is 33.0 Å². The first kappa shape index (κ1) is 30.1. The molecule has 8 nitrogen and oxygen atoms in total. The number of nitrogens with zero attached hydrogens (tertiary/aromatic N) is 2. The van der Waals surface area contributed by atoms with Gasteiger partial charge in [0.25, 0.3) is 0 Å². The van der Waals surface area contributed by atoms with Crippen LogP contribution in [-0.2, 0) is 20.1 Å². The van der Waals surface area contributed by atoms with E-state index >= 15 is 0 Å². The highest BCUT2D eigenvalue weighted by Crippen LogP contribution is 2.36. The average molecular weight is 667 g/mol. The van der Waals surface area contributed by atoms with E-state index in [1.165, 1.54) is 6.92 Å². The number of para-hydroxylation sites is 1. The molecule has 4 aromatic carbocycles. The molecule has 45 heavy (non-hydrogen) atoms. The Labute approximate surface area is 268 Å². The molecule has 2 heterocycles. The molecule has 0 fully saturated rings. The van der Waals surface area contributed by atoms with Gasteiger partial charge in [0.2, 0.25) is 0 Å². The first-order valence-electron chi connectivity index (χ1n) is 14.7. The van der Waals surface area contributed by atoms with Crippen molar-refractivity contribution in [3.8, 4) is 22.6 Å². The zero-order chi connectivity index (χ0) is 31.7. The van der Waals surface area contributed by atoms with Gasteiger partial charge in [0.1, 0.15) is 29.5 Å². The SMILES string of the molecule is CC(=O)c1cc(OCc2nn(C)c(C)c2-c2cccc3c(CCCOc4cccc5ccccc45)c(C(=O)O)[nH]c23)ccc1Br. The van der Waals surface area contributed by atoms with Gasteiger partial charge in [-0.2, -0.15) is 5.10 Å². The van der Waals surface area contributed by atoms with Gasteiger partial charge in [-0.25, -0.2) is 4.79 Å². The van der Waals surface area contributed by atoms with Crippen LogP contribution < -0.4 is 9.47 Å². The van der Waals surface area contributed by atoms with Crippen LogP contribution in [0.4, 0.5) is 0 Å². The van der Waals surface area contributed by atoms with Crippen molar-refractivity contribution in [2.24, 2.45) is 7.05 Å². The monoisotopic (exact) mass is 665 g/mol. The average Bonchev–Trinajstić information content (AvgIpc) is 3.55. The Bertz CT molecular complexity index is 2070. The van der Waals surface area contributed by atoms with E-state index in [9.17, 15) is 14.7 Å². The molecule has 6 rings (SSSR count). The number of hydrogen-bond acceptors (Lipinski definition) is 5. The Morgan fingerprint density at radius 1 is 0.978 bits per heavy atom. The van der Waals surface area contributed by atoms with Crippen molar-refractivity contribution in [2.45, 2.75) is 33.3 Å². The Morgan fingerprint density at radius 3 is 2.53 bits per heavy atom. The fourth-order valence-electron chi connectivity index (χ4n) is 5.82. The van der Waals surface area contributed by atoms with Gasteiger partial charge >= 0.3 is 5.97 Å². The molecular formula is C36H32BrN3O5. The van der Waals surface area contributed by atoms with E-state index in [4.69, 9.17) is 14.6 Å². The first-order chi connectivity index (χ1) is 21.7. The van der Waals surface area contributed by atoms with Crippen molar-refractivity contribution in [1.29, 1.82) is 0 Å². The summed E-state index contributed by atoms with van der Waals surface area (Å²) in [5.74, 6) is 0.294. The molecule has 0 aliphatic heterocycles. The number of carbonyl (C=O) groups is 2. The smallest absolute Gasteiger partial charge is 0.352 e. The maximum Gasteiger partial charge on any atom is 0.352 e. The molecule has 2 aromatic heterocycles. The molecule has 0 aliphatic rings. The van der Waals surface area contributed by atoms with E-state index in [1.807, 2.05) is 62.5 Å². The van der Waals surface area contributed by atoms with Crippen molar-refractivity contribution >= 4 is 49.4 Å². The lowest BCUT2D eigenvalue weighted by Crippen LogP contribution is -2.04. The standard InChI is InChI=1S/C36H32BrN3O5/c1-21-33(31(39-40(21)3)20-45-24-16-17-30(37)29(19-24)22(2)41)28-13-7-12-26-27(35(36(42)43)38-34(26)28)14-8-18-44-32-15-6-10-23-9-4-5-11-25(23)32/h4-7,9-13,15-17,19,38H,8,14,18,20H2,1-3H3,(H,42,43). The van der Waals surface area contributed by atoms with E-state index in [-0.39, 0.29) is 18.1 Å². The van der Waals surface area contributed by atoms with Crippen molar-refractivity contribution in [3.63, 3.8) is 0 Å². The molecule has 0 aliphatic carbocycles. The molecule has 0 atom stereocenters. The number of aromatic nitrogens is 3. The Morgan fingerprint density at radius 2 is 1.73 bits per heavy atom. The molecule has 0 saturated heterocycles. The Balaban J connectivity index is 1.28. The molecule has 0 bridgehead atoms. The quantitative estimate of drug-likeness (QED) is 0.107. The summed E-state index contributed by atoms with van der Waals surface area (Å²) >= 11 is 3.42. The molecule has 0 radical (unpaired) electrons. The second-order valence-electron chi connectivity index (χ2n) is 11.0. The number of H-pyrrole nitrogens is 1. The van der Waals surface area contributed by atoms with E-state index in [0.29, 0.717) is 40.9 Å². The minimum absolute atomic E-state index is 0.0646. The van der Waals surface area contributed by atoms with Crippen molar-refractivity contribution < 1.29 is 24.2 Å². The van der Waals surface area contributed by atoms with Gasteiger partial charge in [0, 0.05) is 44.7 Å². The summed E-state index contributed by atoms with van der Waals surface area (Å²) in [6.07, 6.45) is 1.17. The van der Waals surface area contributed by atoms with Gasteiger partial charge in [-0.1, -0.05) is 70.5 Å². The highest BCUT2D eigenvalue weighted by molar-refractivity contribution is 9.10. The Hall–Kier alpha value is -4.89. The molecule has 9 heteroatoms. The number of hydrogen-bond donors (Lipinski definition) is 2. The maximum absolute atomic E-state index is 12.4. The summed E-state index contributed by atoms with van der Waals surface area (Å²) < 4.78 is 14.8. The van der Waals surface area contributed by atoms with E-state index in [1.54, 1.807) is 22.9 Å². The van der Waals surface area contributed by atoms with Gasteiger partial charge in [0.05, 0.1) is 12.1 Å². The van der Waals surface area contributed by atoms with Gasteiger partial charge in [-0.3, -0.25) is 9.48 Å².